The van der Waals surface area contributed by atoms with Crippen LogP contribution < -0.4 is 5.73 Å². The lowest BCUT2D eigenvalue weighted by Crippen LogP contribution is -2.49. The zero-order valence-corrected chi connectivity index (χ0v) is 11.4. The summed E-state index contributed by atoms with van der Waals surface area (Å²) in [6.45, 7) is 7.67. The van der Waals surface area contributed by atoms with Gasteiger partial charge >= 0.3 is 5.97 Å². The lowest BCUT2D eigenvalue weighted by Gasteiger charge is -2.28. The zero-order chi connectivity index (χ0) is 13.6. The average Bonchev–Trinajstić information content (AvgIpc) is 2.23. The molecule has 0 aliphatic carbocycles. The monoisotopic (exact) mass is 244 g/mol. The molecule has 0 aromatic heterocycles. The van der Waals surface area contributed by atoms with E-state index >= 15 is 0 Å². The van der Waals surface area contributed by atoms with Gasteiger partial charge in [0.25, 0.3) is 0 Å². The van der Waals surface area contributed by atoms with Crippen LogP contribution in [0.25, 0.3) is 0 Å². The normalized spacial score (nSPS) is 12.7. The molecule has 17 heavy (non-hydrogen) atoms. The molecule has 100 valence electrons. The molecule has 1 atom stereocenters. The van der Waals surface area contributed by atoms with Crippen molar-refractivity contribution in [3.63, 3.8) is 0 Å². The van der Waals surface area contributed by atoms with Gasteiger partial charge in [-0.2, -0.15) is 0 Å². The Balaban J connectivity index is 4.59. The molecule has 1 amide bonds. The number of hydrogen-bond acceptors (Lipinski definition) is 4. The third kappa shape index (κ3) is 5.68. The topological polar surface area (TPSA) is 72.6 Å². The number of hydrogen-bond donors (Lipinski definition) is 1. The average molecular weight is 244 g/mol. The molecule has 0 aromatic rings. The summed E-state index contributed by atoms with van der Waals surface area (Å²) >= 11 is 0. The van der Waals surface area contributed by atoms with Crippen LogP contribution in [0.1, 0.15) is 34.1 Å². The standard InChI is InChI=1S/C12H24N2O3/c1-8(2)6-10(13)12(16)14(9(3)4)7-11(15)17-5/h8-10H,6-7,13H2,1-5H3/t10-/m1/s1. The summed E-state index contributed by atoms with van der Waals surface area (Å²) in [5.74, 6) is -0.274. The van der Waals surface area contributed by atoms with Gasteiger partial charge in [-0.3, -0.25) is 9.59 Å². The van der Waals surface area contributed by atoms with E-state index in [0.29, 0.717) is 12.3 Å². The highest BCUT2D eigenvalue weighted by molar-refractivity contribution is 5.85. The van der Waals surface area contributed by atoms with Crippen molar-refractivity contribution in [1.29, 1.82) is 0 Å². The van der Waals surface area contributed by atoms with Gasteiger partial charge in [0.1, 0.15) is 6.54 Å². The molecule has 0 saturated heterocycles. The van der Waals surface area contributed by atoms with Gasteiger partial charge in [0, 0.05) is 6.04 Å². The van der Waals surface area contributed by atoms with Gasteiger partial charge in [-0.1, -0.05) is 13.8 Å². The fourth-order valence-electron chi connectivity index (χ4n) is 1.54. The van der Waals surface area contributed by atoms with Crippen molar-refractivity contribution in [3.8, 4) is 0 Å². The summed E-state index contributed by atoms with van der Waals surface area (Å²) in [5, 5.41) is 0. The van der Waals surface area contributed by atoms with Crippen LogP contribution in [0.4, 0.5) is 0 Å². The molecule has 5 nitrogen and oxygen atoms in total. The van der Waals surface area contributed by atoms with E-state index in [4.69, 9.17) is 5.73 Å². The quantitative estimate of drug-likeness (QED) is 0.700. The molecule has 0 saturated carbocycles. The van der Waals surface area contributed by atoms with E-state index in [0.717, 1.165) is 0 Å². The van der Waals surface area contributed by atoms with Crippen LogP contribution in [-0.4, -0.2) is 42.5 Å². The van der Waals surface area contributed by atoms with Crippen LogP contribution in [0, 0.1) is 5.92 Å². The highest BCUT2D eigenvalue weighted by Crippen LogP contribution is 2.08. The number of rotatable bonds is 6. The molecule has 0 rings (SSSR count). The van der Waals surface area contributed by atoms with E-state index in [1.807, 2.05) is 27.7 Å². The van der Waals surface area contributed by atoms with Gasteiger partial charge in [0.15, 0.2) is 0 Å². The molecule has 0 aliphatic heterocycles. The maximum atomic E-state index is 12.1. The third-order valence-corrected chi connectivity index (χ3v) is 2.48. The van der Waals surface area contributed by atoms with Crippen LogP contribution in [0.2, 0.25) is 0 Å². The predicted octanol–water partition coefficient (Wildman–Crippen LogP) is 0.770. The maximum Gasteiger partial charge on any atom is 0.325 e. The largest absolute Gasteiger partial charge is 0.468 e. The zero-order valence-electron chi connectivity index (χ0n) is 11.4. The summed E-state index contributed by atoms with van der Waals surface area (Å²) in [4.78, 5) is 24.7. The first kappa shape index (κ1) is 15.9. The van der Waals surface area contributed by atoms with Gasteiger partial charge in [-0.15, -0.1) is 0 Å². The molecule has 0 unspecified atom stereocenters. The van der Waals surface area contributed by atoms with E-state index in [2.05, 4.69) is 4.74 Å². The molecule has 0 heterocycles. The van der Waals surface area contributed by atoms with Crippen LogP contribution in [-0.2, 0) is 14.3 Å². The summed E-state index contributed by atoms with van der Waals surface area (Å²) in [5.41, 5.74) is 5.83. The second-order valence-electron chi connectivity index (χ2n) is 4.87. The van der Waals surface area contributed by atoms with Crippen molar-refractivity contribution in [2.45, 2.75) is 46.2 Å². The Morgan fingerprint density at radius 1 is 1.24 bits per heavy atom. The van der Waals surface area contributed by atoms with Crippen molar-refractivity contribution in [2.24, 2.45) is 11.7 Å². The van der Waals surface area contributed by atoms with Crippen molar-refractivity contribution in [1.82, 2.24) is 4.90 Å². The number of carbonyl (C=O) groups excluding carboxylic acids is 2. The van der Waals surface area contributed by atoms with Crippen LogP contribution in [0.15, 0.2) is 0 Å². The minimum absolute atomic E-state index is 0.0429. The number of esters is 1. The molecular formula is C12H24N2O3. The Morgan fingerprint density at radius 3 is 2.12 bits per heavy atom. The molecule has 0 fully saturated rings. The smallest absolute Gasteiger partial charge is 0.325 e. The SMILES string of the molecule is COC(=O)CN(C(=O)[C@H](N)CC(C)C)C(C)C. The van der Waals surface area contributed by atoms with E-state index in [1.165, 1.54) is 12.0 Å². The highest BCUT2D eigenvalue weighted by Gasteiger charge is 2.25. The summed E-state index contributed by atoms with van der Waals surface area (Å²) in [6, 6.07) is -0.623. The Kier molecular flexibility index (Phi) is 6.80. The number of nitrogens with zero attached hydrogens (tertiary/aromatic N) is 1. The van der Waals surface area contributed by atoms with E-state index < -0.39 is 12.0 Å². The minimum atomic E-state index is -0.554. The third-order valence-electron chi connectivity index (χ3n) is 2.48. The molecule has 0 aliphatic rings. The Hall–Kier alpha value is -1.10. The first-order valence-electron chi connectivity index (χ1n) is 5.92. The molecule has 0 bridgehead atoms. The van der Waals surface area contributed by atoms with Gasteiger partial charge in [0.05, 0.1) is 13.2 Å². The lowest BCUT2D eigenvalue weighted by molar-refractivity contribution is -0.148. The number of ether oxygens (including phenoxy) is 1. The fraction of sp³-hybridized carbons (Fsp3) is 0.833. The van der Waals surface area contributed by atoms with Crippen molar-refractivity contribution >= 4 is 11.9 Å². The minimum Gasteiger partial charge on any atom is -0.468 e. The summed E-state index contributed by atoms with van der Waals surface area (Å²) in [7, 11) is 1.30. The maximum absolute atomic E-state index is 12.1. The number of amides is 1. The fourth-order valence-corrected chi connectivity index (χ4v) is 1.54. The second-order valence-corrected chi connectivity index (χ2v) is 4.87. The molecule has 2 N–H and O–H groups in total. The van der Waals surface area contributed by atoms with Gasteiger partial charge < -0.3 is 15.4 Å². The summed E-state index contributed by atoms with van der Waals surface area (Å²) in [6.07, 6.45) is 0.614. The van der Waals surface area contributed by atoms with Gasteiger partial charge in [-0.25, -0.2) is 0 Å². The van der Waals surface area contributed by atoms with E-state index in [9.17, 15) is 9.59 Å². The Morgan fingerprint density at radius 2 is 1.76 bits per heavy atom. The first-order chi connectivity index (χ1) is 7.79. The van der Waals surface area contributed by atoms with Crippen LogP contribution in [0.5, 0.6) is 0 Å². The van der Waals surface area contributed by atoms with Gasteiger partial charge in [0.2, 0.25) is 5.91 Å². The molecule has 0 radical (unpaired) electrons. The van der Waals surface area contributed by atoms with Crippen LogP contribution >= 0.6 is 0 Å². The Labute approximate surface area is 103 Å². The summed E-state index contributed by atoms with van der Waals surface area (Å²) < 4.78 is 4.57. The Bertz CT molecular complexity index is 264. The predicted molar refractivity (Wildman–Crippen MR) is 66.3 cm³/mol. The van der Waals surface area contributed by atoms with Gasteiger partial charge in [-0.05, 0) is 26.2 Å². The molecule has 5 heteroatoms. The van der Waals surface area contributed by atoms with Crippen molar-refractivity contribution in [3.05, 3.63) is 0 Å². The highest BCUT2D eigenvalue weighted by atomic mass is 16.5. The van der Waals surface area contributed by atoms with Crippen molar-refractivity contribution in [2.75, 3.05) is 13.7 Å². The first-order valence-corrected chi connectivity index (χ1v) is 5.92. The molecule has 0 spiro atoms. The number of methoxy groups -OCH3 is 1. The molecule has 0 aromatic carbocycles. The van der Waals surface area contributed by atoms with E-state index in [1.54, 1.807) is 0 Å². The van der Waals surface area contributed by atoms with Crippen molar-refractivity contribution < 1.29 is 14.3 Å². The number of carbonyl (C=O) groups is 2. The number of nitrogens with two attached hydrogens (primary N) is 1. The second kappa shape index (κ2) is 7.27. The molecular weight excluding hydrogens is 220 g/mol. The van der Waals surface area contributed by atoms with Crippen LogP contribution in [0.3, 0.4) is 0 Å². The lowest BCUT2D eigenvalue weighted by atomic mass is 10.0. The van der Waals surface area contributed by atoms with E-state index in [-0.39, 0.29) is 18.5 Å².